The van der Waals surface area contributed by atoms with Gasteiger partial charge in [0.05, 0.1) is 11.7 Å². The van der Waals surface area contributed by atoms with Crippen molar-refractivity contribution < 1.29 is 8.60 Å². The Hall–Kier alpha value is -1.83. The number of hydrogen-bond donors (Lipinski definition) is 1. The fraction of sp³-hybridized carbons (Fsp3) is 0.417. The highest BCUT2D eigenvalue weighted by Gasteiger charge is 2.16. The van der Waals surface area contributed by atoms with Crippen LogP contribution in [0.2, 0.25) is 0 Å². The van der Waals surface area contributed by atoms with Gasteiger partial charge in [-0.15, -0.1) is 5.10 Å². The molecule has 1 aromatic heterocycles. The number of nitrogens with two attached hydrogens (primary N) is 1. The van der Waals surface area contributed by atoms with Gasteiger partial charge in [0.25, 0.3) is 0 Å². The van der Waals surface area contributed by atoms with E-state index in [-0.39, 0.29) is 11.7 Å². The second kappa shape index (κ2) is 6.08. The lowest BCUT2D eigenvalue weighted by Crippen LogP contribution is -2.12. The summed E-state index contributed by atoms with van der Waals surface area (Å²) in [6, 6.07) is 4.44. The van der Waals surface area contributed by atoms with E-state index in [0.29, 0.717) is 23.6 Å². The van der Waals surface area contributed by atoms with Crippen LogP contribution in [0.4, 0.5) is 10.1 Å². The molecule has 0 saturated heterocycles. The molecule has 2 atom stereocenters. The number of nitrogens with zero attached hydrogens (tertiary/aromatic N) is 4. The van der Waals surface area contributed by atoms with Gasteiger partial charge in [0.2, 0.25) is 0 Å². The lowest BCUT2D eigenvalue weighted by atomic mass is 10.1. The zero-order valence-electron chi connectivity index (χ0n) is 11.3. The molecule has 0 aliphatic heterocycles. The predicted octanol–water partition coefficient (Wildman–Crippen LogP) is 1.39. The number of halogens is 1. The van der Waals surface area contributed by atoms with Gasteiger partial charge in [-0.1, -0.05) is 0 Å². The topological polar surface area (TPSA) is 86.7 Å². The Kier molecular flexibility index (Phi) is 4.43. The third kappa shape index (κ3) is 3.19. The third-order valence-electron chi connectivity index (χ3n) is 2.99. The zero-order valence-corrected chi connectivity index (χ0v) is 12.1. The van der Waals surface area contributed by atoms with E-state index in [9.17, 15) is 8.60 Å². The van der Waals surface area contributed by atoms with Gasteiger partial charge < -0.3 is 5.73 Å². The molecule has 0 fully saturated rings. The predicted molar refractivity (Wildman–Crippen MR) is 75.9 cm³/mol. The van der Waals surface area contributed by atoms with Crippen molar-refractivity contribution in [2.45, 2.75) is 19.4 Å². The molecule has 0 radical (unpaired) electrons. The molecule has 0 aliphatic rings. The number of rotatable bonds is 5. The standard InChI is InChI=1S/C12H16FN5OS/c1-8(5-6-20(2)19)18-12(15-16-17-18)9-3-4-11(14)10(13)7-9/h3-4,7-8H,5-6,14H2,1-2H3. The van der Waals surface area contributed by atoms with Crippen molar-refractivity contribution >= 4 is 16.5 Å². The van der Waals surface area contributed by atoms with Crippen LogP contribution < -0.4 is 5.73 Å². The molecular weight excluding hydrogens is 281 g/mol. The van der Waals surface area contributed by atoms with Crippen LogP contribution >= 0.6 is 0 Å². The van der Waals surface area contributed by atoms with E-state index < -0.39 is 16.6 Å². The number of benzene rings is 1. The SMILES string of the molecule is CC(CCS(C)=O)n1nnnc1-c1ccc(N)c(F)c1. The average molecular weight is 297 g/mol. The van der Waals surface area contributed by atoms with Gasteiger partial charge >= 0.3 is 0 Å². The molecule has 2 unspecified atom stereocenters. The maximum Gasteiger partial charge on any atom is 0.182 e. The average Bonchev–Trinajstić information content (AvgIpc) is 2.88. The summed E-state index contributed by atoms with van der Waals surface area (Å²) in [5.41, 5.74) is 6.10. The summed E-state index contributed by atoms with van der Waals surface area (Å²) in [5.74, 6) is 0.536. The smallest absolute Gasteiger partial charge is 0.182 e. The first-order valence-corrected chi connectivity index (χ1v) is 7.85. The Balaban J connectivity index is 2.27. The molecule has 0 bridgehead atoms. The highest BCUT2D eigenvalue weighted by molar-refractivity contribution is 7.84. The minimum absolute atomic E-state index is 0.0236. The number of nitrogen functional groups attached to an aromatic ring is 1. The largest absolute Gasteiger partial charge is 0.396 e. The summed E-state index contributed by atoms with van der Waals surface area (Å²) < 4.78 is 26.3. The van der Waals surface area contributed by atoms with Crippen molar-refractivity contribution in [3.8, 4) is 11.4 Å². The van der Waals surface area contributed by atoms with Crippen LogP contribution in [0.1, 0.15) is 19.4 Å². The van der Waals surface area contributed by atoms with Gasteiger partial charge in [-0.2, -0.15) is 0 Å². The number of tetrazole rings is 1. The molecule has 2 aromatic rings. The van der Waals surface area contributed by atoms with E-state index in [1.54, 1.807) is 17.0 Å². The Morgan fingerprint density at radius 3 is 2.90 bits per heavy atom. The molecule has 8 heteroatoms. The van der Waals surface area contributed by atoms with E-state index >= 15 is 0 Å². The summed E-state index contributed by atoms with van der Waals surface area (Å²) in [6.45, 7) is 1.93. The van der Waals surface area contributed by atoms with Crippen LogP contribution in [-0.4, -0.2) is 36.4 Å². The molecule has 2 N–H and O–H groups in total. The highest BCUT2D eigenvalue weighted by atomic mass is 32.2. The fourth-order valence-corrected chi connectivity index (χ4v) is 2.48. The van der Waals surface area contributed by atoms with Crippen LogP contribution in [0.3, 0.4) is 0 Å². The number of aromatic nitrogens is 4. The van der Waals surface area contributed by atoms with Crippen molar-refractivity contribution in [1.82, 2.24) is 20.2 Å². The highest BCUT2D eigenvalue weighted by Crippen LogP contribution is 2.23. The summed E-state index contributed by atoms with van der Waals surface area (Å²) in [4.78, 5) is 0. The van der Waals surface area contributed by atoms with Gasteiger partial charge in [-0.3, -0.25) is 4.21 Å². The first kappa shape index (κ1) is 14.6. The van der Waals surface area contributed by atoms with Crippen molar-refractivity contribution in [1.29, 1.82) is 0 Å². The Morgan fingerprint density at radius 1 is 1.50 bits per heavy atom. The second-order valence-electron chi connectivity index (χ2n) is 4.60. The molecule has 2 rings (SSSR count). The van der Waals surface area contributed by atoms with Crippen molar-refractivity contribution in [2.24, 2.45) is 0 Å². The van der Waals surface area contributed by atoms with Gasteiger partial charge in [0, 0.05) is 28.4 Å². The molecule has 6 nitrogen and oxygen atoms in total. The maximum absolute atomic E-state index is 13.5. The van der Waals surface area contributed by atoms with Crippen LogP contribution in [-0.2, 0) is 10.8 Å². The van der Waals surface area contributed by atoms with Crippen molar-refractivity contribution in [2.75, 3.05) is 17.7 Å². The van der Waals surface area contributed by atoms with Gasteiger partial charge in [0.15, 0.2) is 5.82 Å². The molecule has 1 heterocycles. The summed E-state index contributed by atoms with van der Waals surface area (Å²) in [5, 5.41) is 11.5. The van der Waals surface area contributed by atoms with E-state index in [1.165, 1.54) is 12.1 Å². The lowest BCUT2D eigenvalue weighted by molar-refractivity contribution is 0.470. The first-order chi connectivity index (χ1) is 9.49. The Morgan fingerprint density at radius 2 is 2.25 bits per heavy atom. The third-order valence-corrected chi connectivity index (χ3v) is 3.80. The quantitative estimate of drug-likeness (QED) is 0.843. The molecule has 108 valence electrons. The van der Waals surface area contributed by atoms with E-state index in [0.717, 1.165) is 0 Å². The molecule has 20 heavy (non-hydrogen) atoms. The van der Waals surface area contributed by atoms with Crippen LogP contribution in [0.15, 0.2) is 18.2 Å². The minimum atomic E-state index is -0.864. The van der Waals surface area contributed by atoms with Crippen LogP contribution in [0.5, 0.6) is 0 Å². The van der Waals surface area contributed by atoms with Crippen LogP contribution in [0, 0.1) is 5.82 Å². The fourth-order valence-electron chi connectivity index (χ4n) is 1.81. The number of hydrogen-bond acceptors (Lipinski definition) is 5. The Labute approximate surface area is 118 Å². The monoisotopic (exact) mass is 297 g/mol. The van der Waals surface area contributed by atoms with Gasteiger partial charge in [-0.05, 0) is 42.0 Å². The zero-order chi connectivity index (χ0) is 14.7. The van der Waals surface area contributed by atoms with Gasteiger partial charge in [0.1, 0.15) is 5.82 Å². The van der Waals surface area contributed by atoms with E-state index in [1.807, 2.05) is 6.92 Å². The second-order valence-corrected chi connectivity index (χ2v) is 6.15. The molecule has 0 aliphatic carbocycles. The molecule has 0 amide bonds. The minimum Gasteiger partial charge on any atom is -0.396 e. The Bertz CT molecular complexity index is 630. The molecule has 0 spiro atoms. The van der Waals surface area contributed by atoms with Crippen molar-refractivity contribution in [3.05, 3.63) is 24.0 Å². The lowest BCUT2D eigenvalue weighted by Gasteiger charge is -2.12. The summed E-state index contributed by atoms with van der Waals surface area (Å²) in [6.07, 6.45) is 2.33. The van der Waals surface area contributed by atoms with Crippen LogP contribution in [0.25, 0.3) is 11.4 Å². The summed E-state index contributed by atoms with van der Waals surface area (Å²) in [7, 11) is -0.864. The molecule has 0 saturated carbocycles. The summed E-state index contributed by atoms with van der Waals surface area (Å²) >= 11 is 0. The maximum atomic E-state index is 13.5. The normalized spacial score (nSPS) is 14.2. The van der Waals surface area contributed by atoms with Crippen molar-refractivity contribution in [3.63, 3.8) is 0 Å². The van der Waals surface area contributed by atoms with E-state index in [2.05, 4.69) is 15.5 Å². The molecular formula is C12H16FN5OS. The van der Waals surface area contributed by atoms with Gasteiger partial charge in [-0.25, -0.2) is 9.07 Å². The first-order valence-electron chi connectivity index (χ1n) is 6.12. The molecule has 1 aromatic carbocycles. The van der Waals surface area contributed by atoms with E-state index in [4.69, 9.17) is 5.73 Å². The number of anilines is 1.